The summed E-state index contributed by atoms with van der Waals surface area (Å²) < 4.78 is 2.17. The lowest BCUT2D eigenvalue weighted by molar-refractivity contribution is 0.425. The lowest BCUT2D eigenvalue weighted by Gasteiger charge is -2.19. The fourth-order valence-corrected chi connectivity index (χ4v) is 3.41. The number of hydrogen-bond donors (Lipinski definition) is 1. The van der Waals surface area contributed by atoms with E-state index in [-0.39, 0.29) is 0 Å². The molecule has 1 aliphatic rings. The highest BCUT2D eigenvalue weighted by atomic mass is 32.1. The number of nitrogens with zero attached hydrogens (tertiary/aromatic N) is 3. The van der Waals surface area contributed by atoms with Crippen molar-refractivity contribution in [1.82, 2.24) is 14.6 Å². The van der Waals surface area contributed by atoms with E-state index in [2.05, 4.69) is 20.0 Å². The predicted octanol–water partition coefficient (Wildman–Crippen LogP) is 2.30. The van der Waals surface area contributed by atoms with Gasteiger partial charge in [0, 0.05) is 17.8 Å². The van der Waals surface area contributed by atoms with Gasteiger partial charge in [-0.3, -0.25) is 4.40 Å². The van der Waals surface area contributed by atoms with Crippen molar-refractivity contribution in [2.24, 2.45) is 5.73 Å². The number of rotatable bonds is 2. The van der Waals surface area contributed by atoms with E-state index in [0.29, 0.717) is 12.5 Å². The van der Waals surface area contributed by atoms with E-state index in [1.54, 1.807) is 11.3 Å². The molecule has 86 valence electrons. The van der Waals surface area contributed by atoms with E-state index in [9.17, 15) is 0 Å². The average molecular weight is 236 g/mol. The van der Waals surface area contributed by atoms with Gasteiger partial charge in [-0.15, -0.1) is 21.5 Å². The molecule has 2 heterocycles. The Morgan fingerprint density at radius 3 is 2.88 bits per heavy atom. The molecule has 0 saturated heterocycles. The maximum absolute atomic E-state index is 5.75. The van der Waals surface area contributed by atoms with Gasteiger partial charge in [0.2, 0.25) is 4.96 Å². The molecule has 0 bridgehead atoms. The van der Waals surface area contributed by atoms with Crippen LogP contribution in [0, 0.1) is 0 Å². The summed E-state index contributed by atoms with van der Waals surface area (Å²) in [7, 11) is 0. The Labute approximate surface area is 98.5 Å². The Morgan fingerprint density at radius 1 is 1.31 bits per heavy atom. The van der Waals surface area contributed by atoms with Crippen LogP contribution in [0.1, 0.15) is 49.5 Å². The van der Waals surface area contributed by atoms with Crippen molar-refractivity contribution < 1.29 is 0 Å². The molecule has 0 unspecified atom stereocenters. The zero-order valence-corrected chi connectivity index (χ0v) is 10.0. The summed E-state index contributed by atoms with van der Waals surface area (Å²) in [4.78, 5) is 0.987. The molecule has 4 nitrogen and oxygen atoms in total. The molecule has 2 aromatic heterocycles. The molecular formula is C11H16N4S. The fraction of sp³-hybridized carbons (Fsp3) is 0.636. The molecule has 3 rings (SSSR count). The van der Waals surface area contributed by atoms with E-state index in [0.717, 1.165) is 16.5 Å². The minimum atomic E-state index is 0.567. The molecule has 0 radical (unpaired) electrons. The Kier molecular flexibility index (Phi) is 2.65. The van der Waals surface area contributed by atoms with Crippen LogP contribution in [-0.2, 0) is 6.54 Å². The van der Waals surface area contributed by atoms with E-state index < -0.39 is 0 Å². The second-order valence-corrected chi connectivity index (χ2v) is 5.28. The quantitative estimate of drug-likeness (QED) is 0.870. The monoisotopic (exact) mass is 236 g/mol. The van der Waals surface area contributed by atoms with Crippen LogP contribution in [0.15, 0.2) is 5.38 Å². The van der Waals surface area contributed by atoms with E-state index in [1.807, 2.05) is 0 Å². The van der Waals surface area contributed by atoms with Gasteiger partial charge in [-0.05, 0) is 12.8 Å². The van der Waals surface area contributed by atoms with Gasteiger partial charge in [0.1, 0.15) is 5.82 Å². The highest BCUT2D eigenvalue weighted by Gasteiger charge is 2.22. The van der Waals surface area contributed by atoms with Crippen LogP contribution in [0.2, 0.25) is 0 Å². The van der Waals surface area contributed by atoms with Gasteiger partial charge < -0.3 is 5.73 Å². The van der Waals surface area contributed by atoms with Crippen LogP contribution in [0.3, 0.4) is 0 Å². The molecule has 2 aromatic rings. The van der Waals surface area contributed by atoms with Crippen molar-refractivity contribution >= 4 is 16.3 Å². The molecule has 0 spiro atoms. The molecule has 0 aliphatic heterocycles. The molecule has 2 N–H and O–H groups in total. The van der Waals surface area contributed by atoms with E-state index in [4.69, 9.17) is 5.73 Å². The summed E-state index contributed by atoms with van der Waals surface area (Å²) >= 11 is 1.63. The first kappa shape index (κ1) is 10.2. The van der Waals surface area contributed by atoms with Crippen LogP contribution in [0.25, 0.3) is 4.96 Å². The summed E-state index contributed by atoms with van der Waals surface area (Å²) in [6.07, 6.45) is 6.51. The van der Waals surface area contributed by atoms with Crippen LogP contribution >= 0.6 is 11.3 Å². The molecule has 16 heavy (non-hydrogen) atoms. The highest BCUT2D eigenvalue weighted by molar-refractivity contribution is 7.15. The zero-order chi connectivity index (χ0) is 11.0. The second kappa shape index (κ2) is 4.14. The first-order chi connectivity index (χ1) is 7.90. The summed E-state index contributed by atoms with van der Waals surface area (Å²) in [6, 6.07) is 0. The van der Waals surface area contributed by atoms with Crippen LogP contribution in [-0.4, -0.2) is 14.6 Å². The van der Waals surface area contributed by atoms with Gasteiger partial charge in [-0.2, -0.15) is 0 Å². The number of fused-ring (bicyclic) bond motifs is 1. The second-order valence-electron chi connectivity index (χ2n) is 4.44. The molecular weight excluding hydrogens is 220 g/mol. The Balaban J connectivity index is 2.04. The van der Waals surface area contributed by atoms with Crippen LogP contribution in [0.4, 0.5) is 0 Å². The third-order valence-electron chi connectivity index (χ3n) is 3.43. The molecule has 5 heteroatoms. The number of nitrogens with two attached hydrogens (primary N) is 1. The normalized spacial score (nSPS) is 18.3. The molecule has 0 atom stereocenters. The highest BCUT2D eigenvalue weighted by Crippen LogP contribution is 2.33. The lowest BCUT2D eigenvalue weighted by Crippen LogP contribution is -2.11. The summed E-state index contributed by atoms with van der Waals surface area (Å²) in [6.45, 7) is 0.567. The molecule has 1 aliphatic carbocycles. The first-order valence-corrected chi connectivity index (χ1v) is 6.79. The maximum atomic E-state index is 5.75. The third kappa shape index (κ3) is 1.55. The van der Waals surface area contributed by atoms with Crippen molar-refractivity contribution in [1.29, 1.82) is 0 Å². The van der Waals surface area contributed by atoms with Crippen molar-refractivity contribution in [2.45, 2.75) is 44.6 Å². The van der Waals surface area contributed by atoms with Gasteiger partial charge in [-0.1, -0.05) is 19.3 Å². The van der Waals surface area contributed by atoms with Crippen molar-refractivity contribution in [2.75, 3.05) is 0 Å². The zero-order valence-electron chi connectivity index (χ0n) is 9.22. The van der Waals surface area contributed by atoms with Crippen molar-refractivity contribution in [3.63, 3.8) is 0 Å². The largest absolute Gasteiger partial charge is 0.325 e. The van der Waals surface area contributed by atoms with Gasteiger partial charge >= 0.3 is 0 Å². The Bertz CT molecular complexity index is 481. The van der Waals surface area contributed by atoms with E-state index in [1.165, 1.54) is 32.1 Å². The smallest absolute Gasteiger partial charge is 0.216 e. The standard InChI is InChI=1S/C11H16N4S/c12-6-9-7-16-11-14-13-10(15(9)11)8-4-2-1-3-5-8/h7-8H,1-6,12H2. The molecule has 0 amide bonds. The molecule has 1 fully saturated rings. The Morgan fingerprint density at radius 2 is 2.12 bits per heavy atom. The third-order valence-corrected chi connectivity index (χ3v) is 4.29. The molecule has 1 saturated carbocycles. The van der Waals surface area contributed by atoms with Crippen molar-refractivity contribution in [3.05, 3.63) is 16.9 Å². The number of hydrogen-bond acceptors (Lipinski definition) is 4. The number of thiazole rings is 1. The SMILES string of the molecule is NCc1csc2nnc(C3CCCCC3)n12. The van der Waals surface area contributed by atoms with Gasteiger partial charge in [0.15, 0.2) is 0 Å². The summed E-state index contributed by atoms with van der Waals surface area (Å²) in [5, 5.41) is 10.7. The minimum Gasteiger partial charge on any atom is -0.325 e. The van der Waals surface area contributed by atoms with Crippen LogP contribution in [0.5, 0.6) is 0 Å². The summed E-state index contributed by atoms with van der Waals surface area (Å²) in [5.74, 6) is 1.72. The van der Waals surface area contributed by atoms with Gasteiger partial charge in [-0.25, -0.2) is 0 Å². The Hall–Kier alpha value is -0.940. The van der Waals surface area contributed by atoms with Crippen molar-refractivity contribution in [3.8, 4) is 0 Å². The van der Waals surface area contributed by atoms with Gasteiger partial charge in [0.25, 0.3) is 0 Å². The lowest BCUT2D eigenvalue weighted by atomic mass is 9.89. The van der Waals surface area contributed by atoms with Crippen LogP contribution < -0.4 is 5.73 Å². The molecule has 0 aromatic carbocycles. The maximum Gasteiger partial charge on any atom is 0.216 e. The topological polar surface area (TPSA) is 56.2 Å². The average Bonchev–Trinajstić information content (AvgIpc) is 2.90. The number of aromatic nitrogens is 3. The fourth-order valence-electron chi connectivity index (χ4n) is 2.57. The van der Waals surface area contributed by atoms with Gasteiger partial charge in [0.05, 0.1) is 5.69 Å². The van der Waals surface area contributed by atoms with E-state index >= 15 is 0 Å². The first-order valence-electron chi connectivity index (χ1n) is 5.91. The minimum absolute atomic E-state index is 0.567. The predicted molar refractivity (Wildman–Crippen MR) is 64.6 cm³/mol. The summed E-state index contributed by atoms with van der Waals surface area (Å²) in [5.41, 5.74) is 6.89.